The number of nitrogens with one attached hydrogen (secondary N) is 1. The summed E-state index contributed by atoms with van der Waals surface area (Å²) in [5, 5.41) is 13.7. The minimum absolute atomic E-state index is 0.0535. The highest BCUT2D eigenvalue weighted by atomic mass is 32.2. The lowest BCUT2D eigenvalue weighted by Gasteiger charge is -2.08. The van der Waals surface area contributed by atoms with Gasteiger partial charge in [0.25, 0.3) is 5.69 Å². The minimum atomic E-state index is -3.24. The number of nitro groups is 1. The lowest BCUT2D eigenvalue weighted by atomic mass is 10.2. The van der Waals surface area contributed by atoms with Gasteiger partial charge in [0.1, 0.15) is 5.69 Å². The molecule has 110 valence electrons. The maximum atomic E-state index is 11.3. The third kappa shape index (κ3) is 3.48. The Labute approximate surface area is 121 Å². The van der Waals surface area contributed by atoms with Crippen molar-refractivity contribution in [1.29, 1.82) is 0 Å². The van der Waals surface area contributed by atoms with Gasteiger partial charge in [-0.15, -0.1) is 0 Å². The van der Waals surface area contributed by atoms with Gasteiger partial charge in [0.05, 0.1) is 9.82 Å². The number of sulfone groups is 1. The molecule has 0 heterocycles. The van der Waals surface area contributed by atoms with E-state index in [9.17, 15) is 18.5 Å². The lowest BCUT2D eigenvalue weighted by Crippen LogP contribution is -1.99. The zero-order valence-electron chi connectivity index (χ0n) is 11.1. The maximum Gasteiger partial charge on any atom is 0.292 e. The number of hydrogen-bond donors (Lipinski definition) is 2. The lowest BCUT2D eigenvalue weighted by molar-refractivity contribution is -0.383. The van der Waals surface area contributed by atoms with Crippen LogP contribution in [0.15, 0.2) is 47.4 Å². The van der Waals surface area contributed by atoms with E-state index >= 15 is 0 Å². The molecule has 8 heteroatoms. The number of hydrogen-bond acceptors (Lipinski definition) is 6. The Balaban J connectivity index is 2.23. The zero-order chi connectivity index (χ0) is 15.6. The summed E-state index contributed by atoms with van der Waals surface area (Å²) in [6.45, 7) is 0. The molecule has 7 nitrogen and oxygen atoms in total. The number of benzene rings is 2. The molecule has 0 saturated heterocycles. The Morgan fingerprint density at radius 2 is 1.67 bits per heavy atom. The summed E-state index contributed by atoms with van der Waals surface area (Å²) in [6, 6.07) is 10.4. The summed E-state index contributed by atoms with van der Waals surface area (Å²) < 4.78 is 22.7. The topological polar surface area (TPSA) is 115 Å². The van der Waals surface area contributed by atoms with Gasteiger partial charge < -0.3 is 11.1 Å². The summed E-state index contributed by atoms with van der Waals surface area (Å²) >= 11 is 0. The second-order valence-electron chi connectivity index (χ2n) is 4.45. The van der Waals surface area contributed by atoms with Crippen molar-refractivity contribution in [1.82, 2.24) is 0 Å². The van der Waals surface area contributed by atoms with Crippen LogP contribution in [0.1, 0.15) is 0 Å². The minimum Gasteiger partial charge on any atom is -0.393 e. The molecule has 21 heavy (non-hydrogen) atoms. The summed E-state index contributed by atoms with van der Waals surface area (Å²) in [7, 11) is -3.24. The van der Waals surface area contributed by atoms with Crippen LogP contribution in [-0.2, 0) is 9.84 Å². The fourth-order valence-corrected chi connectivity index (χ4v) is 2.38. The molecular formula is C13H13N3O4S. The molecule has 2 aromatic rings. The van der Waals surface area contributed by atoms with Gasteiger partial charge in [-0.05, 0) is 36.4 Å². The quantitative estimate of drug-likeness (QED) is 0.509. The molecule has 2 aromatic carbocycles. The molecule has 0 saturated carbocycles. The van der Waals surface area contributed by atoms with E-state index in [-0.39, 0.29) is 16.3 Å². The third-order valence-corrected chi connectivity index (χ3v) is 3.92. The van der Waals surface area contributed by atoms with E-state index in [2.05, 4.69) is 5.32 Å². The fourth-order valence-electron chi connectivity index (χ4n) is 1.75. The van der Waals surface area contributed by atoms with Crippen molar-refractivity contribution >= 4 is 32.6 Å². The predicted molar refractivity (Wildman–Crippen MR) is 80.3 cm³/mol. The van der Waals surface area contributed by atoms with Crippen molar-refractivity contribution in [2.45, 2.75) is 4.90 Å². The van der Waals surface area contributed by atoms with Crippen molar-refractivity contribution in [2.24, 2.45) is 0 Å². The van der Waals surface area contributed by atoms with Crippen LogP contribution in [0.5, 0.6) is 0 Å². The number of nitrogen functional groups attached to an aromatic ring is 1. The molecule has 0 radical (unpaired) electrons. The monoisotopic (exact) mass is 307 g/mol. The van der Waals surface area contributed by atoms with Gasteiger partial charge in [-0.2, -0.15) is 0 Å². The third-order valence-electron chi connectivity index (χ3n) is 2.80. The first kappa shape index (κ1) is 14.8. The molecule has 0 aliphatic carbocycles. The number of nitrogens with zero attached hydrogens (tertiary/aromatic N) is 1. The van der Waals surface area contributed by atoms with Crippen molar-refractivity contribution in [2.75, 3.05) is 17.3 Å². The molecular weight excluding hydrogens is 294 g/mol. The van der Waals surface area contributed by atoms with Crippen LogP contribution < -0.4 is 11.1 Å². The smallest absolute Gasteiger partial charge is 0.292 e. The molecule has 0 fully saturated rings. The molecule has 0 atom stereocenters. The fraction of sp³-hybridized carbons (Fsp3) is 0.0769. The second-order valence-corrected chi connectivity index (χ2v) is 6.47. The first-order chi connectivity index (χ1) is 9.77. The van der Waals surface area contributed by atoms with Crippen molar-refractivity contribution in [3.05, 3.63) is 52.6 Å². The zero-order valence-corrected chi connectivity index (χ0v) is 11.9. The first-order valence-corrected chi connectivity index (χ1v) is 7.77. The van der Waals surface area contributed by atoms with Gasteiger partial charge in [0.2, 0.25) is 0 Å². The Hall–Kier alpha value is -2.61. The van der Waals surface area contributed by atoms with Crippen LogP contribution in [0, 0.1) is 10.1 Å². The molecule has 2 rings (SSSR count). The van der Waals surface area contributed by atoms with Crippen LogP contribution in [0.2, 0.25) is 0 Å². The Morgan fingerprint density at radius 3 is 2.14 bits per heavy atom. The van der Waals surface area contributed by atoms with Crippen LogP contribution in [0.3, 0.4) is 0 Å². The number of rotatable bonds is 4. The summed E-state index contributed by atoms with van der Waals surface area (Å²) in [5.41, 5.74) is 6.71. The SMILES string of the molecule is CS(=O)(=O)c1ccc(Nc2ccc([N+](=O)[O-])c(N)c2)cc1. The average Bonchev–Trinajstić information content (AvgIpc) is 2.38. The van der Waals surface area contributed by atoms with Gasteiger partial charge in [-0.25, -0.2) is 8.42 Å². The number of nitrogens with two attached hydrogens (primary N) is 1. The largest absolute Gasteiger partial charge is 0.393 e. The number of nitro benzene ring substituents is 1. The van der Waals surface area contributed by atoms with E-state index in [1.165, 1.54) is 30.3 Å². The van der Waals surface area contributed by atoms with Gasteiger partial charge in [0.15, 0.2) is 9.84 Å². The Morgan fingerprint density at radius 1 is 1.10 bits per heavy atom. The van der Waals surface area contributed by atoms with Crippen LogP contribution >= 0.6 is 0 Å². The van der Waals surface area contributed by atoms with Gasteiger partial charge in [-0.3, -0.25) is 10.1 Å². The van der Waals surface area contributed by atoms with Crippen molar-refractivity contribution in [3.63, 3.8) is 0 Å². The molecule has 0 aliphatic heterocycles. The molecule has 0 aliphatic rings. The van der Waals surface area contributed by atoms with E-state index in [0.717, 1.165) is 6.26 Å². The van der Waals surface area contributed by atoms with Crippen molar-refractivity contribution in [3.8, 4) is 0 Å². The van der Waals surface area contributed by atoms with E-state index in [1.807, 2.05) is 0 Å². The molecule has 0 spiro atoms. The summed E-state index contributed by atoms with van der Waals surface area (Å²) in [5.74, 6) is 0. The number of anilines is 3. The second kappa shape index (κ2) is 5.41. The van der Waals surface area contributed by atoms with Crippen LogP contribution in [-0.4, -0.2) is 19.6 Å². The van der Waals surface area contributed by atoms with E-state index in [1.54, 1.807) is 12.1 Å². The van der Waals surface area contributed by atoms with Crippen LogP contribution in [0.25, 0.3) is 0 Å². The average molecular weight is 307 g/mol. The predicted octanol–water partition coefficient (Wildman–Crippen LogP) is 2.32. The molecule has 0 aromatic heterocycles. The summed E-state index contributed by atoms with van der Waals surface area (Å²) in [4.78, 5) is 10.3. The van der Waals surface area contributed by atoms with Gasteiger partial charge >= 0.3 is 0 Å². The Kier molecular flexibility index (Phi) is 3.81. The van der Waals surface area contributed by atoms with Gasteiger partial charge in [-0.1, -0.05) is 0 Å². The summed E-state index contributed by atoms with van der Waals surface area (Å²) in [6.07, 6.45) is 1.13. The van der Waals surface area contributed by atoms with E-state index in [0.29, 0.717) is 11.4 Å². The van der Waals surface area contributed by atoms with E-state index in [4.69, 9.17) is 5.73 Å². The van der Waals surface area contributed by atoms with E-state index < -0.39 is 14.8 Å². The highest BCUT2D eigenvalue weighted by Gasteiger charge is 2.11. The molecule has 3 N–H and O–H groups in total. The van der Waals surface area contributed by atoms with Crippen LogP contribution in [0.4, 0.5) is 22.7 Å². The molecule has 0 amide bonds. The normalized spacial score (nSPS) is 11.1. The highest BCUT2D eigenvalue weighted by Crippen LogP contribution is 2.27. The highest BCUT2D eigenvalue weighted by molar-refractivity contribution is 7.90. The first-order valence-electron chi connectivity index (χ1n) is 5.88. The Bertz CT molecular complexity index is 786. The van der Waals surface area contributed by atoms with Gasteiger partial charge in [0, 0.05) is 23.7 Å². The van der Waals surface area contributed by atoms with Crippen molar-refractivity contribution < 1.29 is 13.3 Å². The molecule has 0 unspecified atom stereocenters. The molecule has 0 bridgehead atoms. The standard InChI is InChI=1S/C13H13N3O4S/c1-21(19,20)11-5-2-9(3-6-11)15-10-4-7-13(16(17)18)12(14)8-10/h2-8,15H,14H2,1H3. The maximum absolute atomic E-state index is 11.3.